The Kier molecular flexibility index (Phi) is 8.00. The number of amides is 1. The van der Waals surface area contributed by atoms with Crippen LogP contribution < -0.4 is 0 Å². The molecule has 0 aromatic heterocycles. The second-order valence-electron chi connectivity index (χ2n) is 8.66. The zero-order valence-corrected chi connectivity index (χ0v) is 18.4. The third-order valence-corrected chi connectivity index (χ3v) is 6.05. The fourth-order valence-electron chi connectivity index (χ4n) is 4.18. The first kappa shape index (κ1) is 22.4. The zero-order chi connectivity index (χ0) is 21.5. The minimum atomic E-state index is -0.265. The summed E-state index contributed by atoms with van der Waals surface area (Å²) in [4.78, 5) is 20.5. The molecule has 1 aliphatic rings. The first-order valence-electron chi connectivity index (χ1n) is 10.9. The number of carbonyl (C=O) groups is 1. The van der Waals surface area contributed by atoms with Crippen LogP contribution in [0.4, 0.5) is 4.39 Å². The number of carbonyl (C=O) groups excluding carboxylic acids is 1. The van der Waals surface area contributed by atoms with Crippen molar-refractivity contribution in [3.05, 3.63) is 71.5 Å². The molecule has 1 atom stereocenters. The Morgan fingerprint density at radius 2 is 1.67 bits per heavy atom. The maximum atomic E-state index is 13.9. The number of likely N-dealkylation sites (N-methyl/N-ethyl adjacent to an activating group) is 1. The molecule has 4 nitrogen and oxygen atoms in total. The Hall–Kier alpha value is -2.24. The van der Waals surface area contributed by atoms with Crippen molar-refractivity contribution in [3.63, 3.8) is 0 Å². The van der Waals surface area contributed by atoms with Crippen LogP contribution in [0, 0.1) is 5.82 Å². The SMILES string of the molecule is CN(C)CCN(C(=O)[C@@H](Cc1ccc(F)cc1)c1ccccc1)C1CCN(C)CC1. The fourth-order valence-corrected chi connectivity index (χ4v) is 4.18. The molecule has 0 bridgehead atoms. The summed E-state index contributed by atoms with van der Waals surface area (Å²) in [7, 11) is 6.23. The van der Waals surface area contributed by atoms with Crippen LogP contribution in [-0.2, 0) is 11.2 Å². The van der Waals surface area contributed by atoms with Crippen LogP contribution in [0.5, 0.6) is 0 Å². The van der Waals surface area contributed by atoms with E-state index >= 15 is 0 Å². The molecular weight excluding hydrogens is 377 g/mol. The minimum Gasteiger partial charge on any atom is -0.338 e. The molecule has 1 saturated heterocycles. The highest BCUT2D eigenvalue weighted by atomic mass is 19.1. The van der Waals surface area contributed by atoms with E-state index in [1.54, 1.807) is 12.1 Å². The van der Waals surface area contributed by atoms with Gasteiger partial charge in [0.15, 0.2) is 0 Å². The lowest BCUT2D eigenvalue weighted by Crippen LogP contribution is -2.50. The largest absolute Gasteiger partial charge is 0.338 e. The lowest BCUT2D eigenvalue weighted by atomic mass is 9.89. The summed E-state index contributed by atoms with van der Waals surface area (Å²) in [5, 5.41) is 0. The van der Waals surface area contributed by atoms with E-state index in [9.17, 15) is 9.18 Å². The van der Waals surface area contributed by atoms with Gasteiger partial charge in [0.05, 0.1) is 5.92 Å². The summed E-state index contributed by atoms with van der Waals surface area (Å²) in [5.41, 5.74) is 2.00. The van der Waals surface area contributed by atoms with E-state index in [2.05, 4.69) is 21.7 Å². The van der Waals surface area contributed by atoms with E-state index < -0.39 is 0 Å². The Labute approximate surface area is 180 Å². The third-order valence-electron chi connectivity index (χ3n) is 6.05. The van der Waals surface area contributed by atoms with Crippen molar-refractivity contribution in [1.29, 1.82) is 0 Å². The van der Waals surface area contributed by atoms with E-state index in [0.29, 0.717) is 6.42 Å². The number of hydrogen-bond acceptors (Lipinski definition) is 3. The Morgan fingerprint density at radius 3 is 2.27 bits per heavy atom. The highest BCUT2D eigenvalue weighted by molar-refractivity contribution is 5.84. The van der Waals surface area contributed by atoms with E-state index in [1.807, 2.05) is 44.4 Å². The number of likely N-dealkylation sites (tertiary alicyclic amines) is 1. The molecule has 2 aromatic carbocycles. The molecular formula is C25H34FN3O. The summed E-state index contributed by atoms with van der Waals surface area (Å²) < 4.78 is 13.4. The van der Waals surface area contributed by atoms with Gasteiger partial charge in [0, 0.05) is 19.1 Å². The van der Waals surface area contributed by atoms with E-state index in [4.69, 9.17) is 0 Å². The molecule has 30 heavy (non-hydrogen) atoms. The second-order valence-corrected chi connectivity index (χ2v) is 8.66. The van der Waals surface area contributed by atoms with Gasteiger partial charge in [0.2, 0.25) is 5.91 Å². The Bertz CT molecular complexity index is 786. The van der Waals surface area contributed by atoms with Crippen LogP contribution in [0.15, 0.2) is 54.6 Å². The summed E-state index contributed by atoms with van der Waals surface area (Å²) >= 11 is 0. The van der Waals surface area contributed by atoms with Gasteiger partial charge in [0.25, 0.3) is 0 Å². The molecule has 162 valence electrons. The van der Waals surface area contributed by atoms with Crippen molar-refractivity contribution in [2.75, 3.05) is 47.3 Å². The van der Waals surface area contributed by atoms with Gasteiger partial charge in [-0.25, -0.2) is 4.39 Å². The number of rotatable bonds is 8. The van der Waals surface area contributed by atoms with Crippen LogP contribution in [0.3, 0.4) is 0 Å². The highest BCUT2D eigenvalue weighted by Gasteiger charge is 2.32. The summed E-state index contributed by atoms with van der Waals surface area (Å²) in [6.45, 7) is 3.61. The van der Waals surface area contributed by atoms with Crippen molar-refractivity contribution in [2.24, 2.45) is 0 Å². The molecule has 5 heteroatoms. The molecule has 0 unspecified atom stereocenters. The molecule has 0 spiro atoms. The molecule has 1 fully saturated rings. The molecule has 0 radical (unpaired) electrons. The van der Waals surface area contributed by atoms with Gasteiger partial charge in [-0.3, -0.25) is 4.79 Å². The average molecular weight is 412 g/mol. The lowest BCUT2D eigenvalue weighted by Gasteiger charge is -2.39. The van der Waals surface area contributed by atoms with E-state index in [1.165, 1.54) is 12.1 Å². The number of halogens is 1. The van der Waals surface area contributed by atoms with Gasteiger partial charge in [-0.05, 0) is 76.8 Å². The molecule has 0 N–H and O–H groups in total. The highest BCUT2D eigenvalue weighted by Crippen LogP contribution is 2.27. The van der Waals surface area contributed by atoms with Gasteiger partial charge in [0.1, 0.15) is 5.82 Å². The smallest absolute Gasteiger partial charge is 0.230 e. The first-order chi connectivity index (χ1) is 14.4. The minimum absolute atomic E-state index is 0.182. The zero-order valence-electron chi connectivity index (χ0n) is 18.4. The first-order valence-corrected chi connectivity index (χ1v) is 10.9. The quantitative estimate of drug-likeness (QED) is 0.664. The maximum absolute atomic E-state index is 13.9. The van der Waals surface area contributed by atoms with Crippen LogP contribution in [0.25, 0.3) is 0 Å². The molecule has 3 rings (SSSR count). The third kappa shape index (κ3) is 6.13. The van der Waals surface area contributed by atoms with Crippen LogP contribution in [0.1, 0.15) is 29.9 Å². The topological polar surface area (TPSA) is 26.8 Å². The molecule has 0 aliphatic carbocycles. The van der Waals surface area contributed by atoms with E-state index in [-0.39, 0.29) is 23.7 Å². The van der Waals surface area contributed by atoms with Gasteiger partial charge >= 0.3 is 0 Å². The van der Waals surface area contributed by atoms with E-state index in [0.717, 1.165) is 50.1 Å². The number of piperidine rings is 1. The van der Waals surface area contributed by atoms with Gasteiger partial charge in [-0.15, -0.1) is 0 Å². The van der Waals surface area contributed by atoms with Crippen molar-refractivity contribution in [2.45, 2.75) is 31.2 Å². The summed E-state index contributed by atoms with van der Waals surface area (Å²) in [6.07, 6.45) is 2.59. The van der Waals surface area contributed by atoms with Crippen molar-refractivity contribution in [1.82, 2.24) is 14.7 Å². The lowest BCUT2D eigenvalue weighted by molar-refractivity contribution is -0.136. The van der Waals surface area contributed by atoms with Gasteiger partial charge < -0.3 is 14.7 Å². The van der Waals surface area contributed by atoms with Gasteiger partial charge in [-0.1, -0.05) is 42.5 Å². The van der Waals surface area contributed by atoms with Crippen molar-refractivity contribution < 1.29 is 9.18 Å². The molecule has 1 amide bonds. The number of hydrogen-bond donors (Lipinski definition) is 0. The van der Waals surface area contributed by atoms with Crippen molar-refractivity contribution in [3.8, 4) is 0 Å². The van der Waals surface area contributed by atoms with Crippen molar-refractivity contribution >= 4 is 5.91 Å². The molecule has 1 heterocycles. The summed E-state index contributed by atoms with van der Waals surface area (Å²) in [5.74, 6) is -0.333. The number of nitrogens with zero attached hydrogens (tertiary/aromatic N) is 3. The van der Waals surface area contributed by atoms with Gasteiger partial charge in [-0.2, -0.15) is 0 Å². The molecule has 1 aliphatic heterocycles. The van der Waals surface area contributed by atoms with Crippen LogP contribution >= 0.6 is 0 Å². The monoisotopic (exact) mass is 411 g/mol. The predicted molar refractivity (Wildman–Crippen MR) is 120 cm³/mol. The number of benzene rings is 2. The normalized spacial score (nSPS) is 16.6. The fraction of sp³-hybridized carbons (Fsp3) is 0.480. The second kappa shape index (κ2) is 10.7. The predicted octanol–water partition coefficient (Wildman–Crippen LogP) is 3.64. The van der Waals surface area contributed by atoms with Crippen LogP contribution in [0.2, 0.25) is 0 Å². The average Bonchev–Trinajstić information content (AvgIpc) is 2.75. The molecule has 2 aromatic rings. The Balaban J connectivity index is 1.87. The summed E-state index contributed by atoms with van der Waals surface area (Å²) in [6, 6.07) is 16.8. The molecule has 0 saturated carbocycles. The van der Waals surface area contributed by atoms with Crippen LogP contribution in [-0.4, -0.2) is 74.0 Å². The standard InChI is InChI=1S/C25H34FN3O/c1-27(2)17-18-29(23-13-15-28(3)16-14-23)25(30)24(21-7-5-4-6-8-21)19-20-9-11-22(26)12-10-20/h4-12,23-24H,13-19H2,1-3H3/t24-/m0/s1. The Morgan fingerprint density at radius 1 is 1.03 bits per heavy atom. The maximum Gasteiger partial charge on any atom is 0.230 e.